The Kier molecular flexibility index (Phi) is 6.17. The van der Waals surface area contributed by atoms with Crippen molar-refractivity contribution in [1.29, 1.82) is 0 Å². The van der Waals surface area contributed by atoms with Gasteiger partial charge in [0.05, 0.1) is 6.26 Å². The van der Waals surface area contributed by atoms with Gasteiger partial charge in [0.2, 0.25) is 3.79 Å². The second-order valence-electron chi connectivity index (χ2n) is 4.57. The van der Waals surface area contributed by atoms with Gasteiger partial charge in [-0.05, 0) is 36.5 Å². The average Bonchev–Trinajstić information content (AvgIpc) is 2.99. The molecule has 1 atom stereocenters. The van der Waals surface area contributed by atoms with Crippen molar-refractivity contribution in [3.8, 4) is 5.75 Å². The van der Waals surface area contributed by atoms with Crippen molar-refractivity contribution in [3.05, 3.63) is 48.4 Å². The Bertz CT molecular complexity index is 720. The molecule has 128 valence electrons. The number of carbonyl (C=O) groups is 1. The number of amides is 1. The molecule has 24 heavy (non-hydrogen) atoms. The molecule has 0 saturated carbocycles. The molecule has 0 aliphatic carbocycles. The highest BCUT2D eigenvalue weighted by Crippen LogP contribution is 2.29. The molecule has 0 aliphatic heterocycles. The molecule has 1 aromatic carbocycles. The molecule has 0 spiro atoms. The topological polar surface area (TPSA) is 86.5 Å². The highest BCUT2D eigenvalue weighted by Gasteiger charge is 2.35. The summed E-state index contributed by atoms with van der Waals surface area (Å²) >= 11 is 22.7. The van der Waals surface area contributed by atoms with Crippen molar-refractivity contribution in [1.82, 2.24) is 10.6 Å². The van der Waals surface area contributed by atoms with Crippen molar-refractivity contribution in [3.63, 3.8) is 0 Å². The highest BCUT2D eigenvalue weighted by atomic mass is 35.6. The van der Waals surface area contributed by atoms with Gasteiger partial charge in [-0.15, -0.1) is 0 Å². The van der Waals surface area contributed by atoms with Gasteiger partial charge in [0, 0.05) is 11.8 Å². The smallest absolute Gasteiger partial charge is 0.288 e. The molecule has 2 rings (SSSR count). The molecule has 1 aromatic heterocycles. The summed E-state index contributed by atoms with van der Waals surface area (Å²) < 4.78 is 3.10. The largest absolute Gasteiger partial charge is 0.508 e. The summed E-state index contributed by atoms with van der Waals surface area (Å²) in [7, 11) is 0. The molecule has 0 fully saturated rings. The predicted molar refractivity (Wildman–Crippen MR) is 97.7 cm³/mol. The molecule has 0 unspecified atom stereocenters. The number of aromatic hydroxyl groups is 1. The van der Waals surface area contributed by atoms with Crippen LogP contribution in [0.4, 0.5) is 5.69 Å². The van der Waals surface area contributed by atoms with E-state index in [4.69, 9.17) is 51.4 Å². The van der Waals surface area contributed by atoms with Crippen molar-refractivity contribution in [2.75, 3.05) is 5.32 Å². The summed E-state index contributed by atoms with van der Waals surface area (Å²) in [5, 5.41) is 17.5. The van der Waals surface area contributed by atoms with Crippen LogP contribution in [0.15, 0.2) is 47.1 Å². The third kappa shape index (κ3) is 5.45. The number of hydrogen-bond acceptors (Lipinski definition) is 4. The molecule has 10 heteroatoms. The Balaban J connectivity index is 2.03. The molecular formula is C14H12Cl3N3O3S. The van der Waals surface area contributed by atoms with Gasteiger partial charge in [-0.25, -0.2) is 0 Å². The highest BCUT2D eigenvalue weighted by molar-refractivity contribution is 7.80. The lowest BCUT2D eigenvalue weighted by Gasteiger charge is -2.27. The Labute approximate surface area is 158 Å². The van der Waals surface area contributed by atoms with Crippen molar-refractivity contribution in [2.24, 2.45) is 0 Å². The number of anilines is 1. The number of alkyl halides is 3. The normalized spacial score (nSPS) is 12.3. The number of hydrogen-bond donors (Lipinski definition) is 4. The minimum atomic E-state index is -1.88. The zero-order valence-corrected chi connectivity index (χ0v) is 15.0. The summed E-state index contributed by atoms with van der Waals surface area (Å²) in [6.07, 6.45) is 0.221. The van der Waals surface area contributed by atoms with Crippen LogP contribution in [-0.2, 0) is 0 Å². The van der Waals surface area contributed by atoms with Gasteiger partial charge in [-0.2, -0.15) is 0 Å². The first-order chi connectivity index (χ1) is 11.3. The molecule has 2 aromatic rings. The van der Waals surface area contributed by atoms with Crippen LogP contribution in [0.1, 0.15) is 10.6 Å². The second kappa shape index (κ2) is 7.94. The first kappa shape index (κ1) is 18.7. The van der Waals surface area contributed by atoms with Gasteiger partial charge in [0.1, 0.15) is 11.9 Å². The van der Waals surface area contributed by atoms with E-state index in [1.807, 2.05) is 0 Å². The van der Waals surface area contributed by atoms with E-state index in [0.717, 1.165) is 0 Å². The number of furan rings is 1. The van der Waals surface area contributed by atoms with E-state index in [-0.39, 0.29) is 16.6 Å². The maximum absolute atomic E-state index is 12.0. The van der Waals surface area contributed by atoms with Crippen LogP contribution < -0.4 is 16.0 Å². The Morgan fingerprint density at radius 2 is 1.96 bits per heavy atom. The van der Waals surface area contributed by atoms with Crippen LogP contribution >= 0.6 is 47.0 Å². The number of rotatable bonds is 4. The van der Waals surface area contributed by atoms with Crippen LogP contribution in [0.2, 0.25) is 0 Å². The molecule has 0 saturated heterocycles. The van der Waals surface area contributed by atoms with Crippen LogP contribution in [0.3, 0.4) is 0 Å². The summed E-state index contributed by atoms with van der Waals surface area (Å²) in [6.45, 7) is 0. The molecule has 1 heterocycles. The van der Waals surface area contributed by atoms with Crippen molar-refractivity contribution < 1.29 is 14.3 Å². The minimum absolute atomic E-state index is 0.0582. The van der Waals surface area contributed by atoms with E-state index in [1.54, 1.807) is 18.2 Å². The zero-order chi connectivity index (χ0) is 17.7. The van der Waals surface area contributed by atoms with E-state index in [9.17, 15) is 9.90 Å². The Morgan fingerprint density at radius 3 is 2.54 bits per heavy atom. The first-order valence-electron chi connectivity index (χ1n) is 6.53. The van der Waals surface area contributed by atoms with E-state index < -0.39 is 15.9 Å². The summed E-state index contributed by atoms with van der Waals surface area (Å²) in [5.74, 6) is -0.460. The molecule has 1 amide bonds. The molecule has 4 N–H and O–H groups in total. The monoisotopic (exact) mass is 407 g/mol. The third-order valence-electron chi connectivity index (χ3n) is 2.73. The summed E-state index contributed by atoms with van der Waals surface area (Å²) in [5.41, 5.74) is 0.521. The number of nitrogens with one attached hydrogen (secondary N) is 3. The third-order valence-corrected chi connectivity index (χ3v) is 3.60. The molecule has 0 radical (unpaired) electrons. The quantitative estimate of drug-likeness (QED) is 0.352. The zero-order valence-electron chi connectivity index (χ0n) is 11.9. The lowest BCUT2D eigenvalue weighted by Crippen LogP contribution is -2.56. The van der Waals surface area contributed by atoms with Crippen molar-refractivity contribution in [2.45, 2.75) is 9.96 Å². The van der Waals surface area contributed by atoms with E-state index in [1.165, 1.54) is 24.5 Å². The van der Waals surface area contributed by atoms with Gasteiger partial charge in [0.25, 0.3) is 5.91 Å². The predicted octanol–water partition coefficient (Wildman–Crippen LogP) is 3.40. The fraction of sp³-hybridized carbons (Fsp3) is 0.143. The Morgan fingerprint density at radius 1 is 1.21 bits per heavy atom. The van der Waals surface area contributed by atoms with E-state index in [0.29, 0.717) is 5.69 Å². The number of phenolic OH excluding ortho intramolecular Hbond substituents is 1. The maximum atomic E-state index is 12.0. The van der Waals surface area contributed by atoms with Gasteiger partial charge in [-0.1, -0.05) is 40.9 Å². The van der Waals surface area contributed by atoms with Crippen LogP contribution in [0.25, 0.3) is 0 Å². The molecular weight excluding hydrogens is 397 g/mol. The van der Waals surface area contributed by atoms with Crippen LogP contribution in [0.5, 0.6) is 5.75 Å². The fourth-order valence-electron chi connectivity index (χ4n) is 1.69. The maximum Gasteiger partial charge on any atom is 0.288 e. The Hall–Kier alpha value is -1.67. The second-order valence-corrected chi connectivity index (χ2v) is 7.35. The number of thiocarbonyl (C=S) groups is 1. The minimum Gasteiger partial charge on any atom is -0.508 e. The number of phenols is 1. The van der Waals surface area contributed by atoms with Gasteiger partial charge in [0.15, 0.2) is 10.9 Å². The fourth-order valence-corrected chi connectivity index (χ4v) is 2.25. The standard InChI is InChI=1S/C14H12Cl3N3O3S/c15-14(16,17)12(19-11(22)10-5-2-6-23-10)20-13(24)18-8-3-1-4-9(21)7-8/h1-7,12,21H,(H,19,22)(H2,18,20,24)/t12-/m1/s1. The lowest BCUT2D eigenvalue weighted by molar-refractivity contribution is 0.0906. The SMILES string of the molecule is O=C(N[C@H](NC(=S)Nc1cccc(O)c1)C(Cl)(Cl)Cl)c1ccco1. The van der Waals surface area contributed by atoms with Crippen LogP contribution in [-0.4, -0.2) is 26.1 Å². The number of carbonyl (C=O) groups excluding carboxylic acids is 1. The molecule has 0 aliphatic rings. The first-order valence-corrected chi connectivity index (χ1v) is 8.07. The lowest BCUT2D eigenvalue weighted by atomic mass is 10.3. The molecule has 6 nitrogen and oxygen atoms in total. The molecule has 0 bridgehead atoms. The number of benzene rings is 1. The van der Waals surface area contributed by atoms with Crippen LogP contribution in [0, 0.1) is 0 Å². The summed E-state index contributed by atoms with van der Waals surface area (Å²) in [6, 6.07) is 9.30. The van der Waals surface area contributed by atoms with Crippen molar-refractivity contribution >= 4 is 63.7 Å². The van der Waals surface area contributed by atoms with Gasteiger partial charge in [-0.3, -0.25) is 4.79 Å². The van der Waals surface area contributed by atoms with E-state index >= 15 is 0 Å². The van der Waals surface area contributed by atoms with Gasteiger partial charge >= 0.3 is 0 Å². The van der Waals surface area contributed by atoms with Gasteiger partial charge < -0.3 is 25.5 Å². The number of halogens is 3. The summed E-state index contributed by atoms with van der Waals surface area (Å²) in [4.78, 5) is 12.0. The van der Waals surface area contributed by atoms with E-state index in [2.05, 4.69) is 16.0 Å². The average molecular weight is 409 g/mol.